The SMILES string of the molecule is CCOC(=O)c1sc2[nH]c(C)cc(=O)c2c1C. The zero-order valence-electron chi connectivity index (χ0n) is 9.92. The van der Waals surface area contributed by atoms with Gasteiger partial charge < -0.3 is 9.72 Å². The Morgan fingerprint density at radius 1 is 1.47 bits per heavy atom. The highest BCUT2D eigenvalue weighted by atomic mass is 32.1. The number of aromatic amines is 1. The number of carbonyl (C=O) groups is 1. The fraction of sp³-hybridized carbons (Fsp3) is 0.333. The molecule has 4 nitrogen and oxygen atoms in total. The van der Waals surface area contributed by atoms with Crippen LogP contribution in [-0.2, 0) is 4.74 Å². The number of thiophene rings is 1. The van der Waals surface area contributed by atoms with Gasteiger partial charge in [0.15, 0.2) is 5.43 Å². The Bertz CT molecular complexity index is 639. The second-order valence-electron chi connectivity index (χ2n) is 3.80. The molecule has 0 bridgehead atoms. The maximum absolute atomic E-state index is 11.8. The Morgan fingerprint density at radius 3 is 2.82 bits per heavy atom. The number of hydrogen-bond donors (Lipinski definition) is 1. The first-order chi connectivity index (χ1) is 8.04. The van der Waals surface area contributed by atoms with Gasteiger partial charge in [0.1, 0.15) is 9.71 Å². The van der Waals surface area contributed by atoms with E-state index in [-0.39, 0.29) is 11.4 Å². The zero-order chi connectivity index (χ0) is 12.6. The molecule has 0 saturated heterocycles. The van der Waals surface area contributed by atoms with E-state index in [1.165, 1.54) is 17.4 Å². The summed E-state index contributed by atoms with van der Waals surface area (Å²) in [7, 11) is 0. The lowest BCUT2D eigenvalue weighted by Crippen LogP contribution is -2.05. The van der Waals surface area contributed by atoms with Crippen LogP contribution in [0, 0.1) is 13.8 Å². The van der Waals surface area contributed by atoms with Crippen LogP contribution in [0.25, 0.3) is 10.2 Å². The number of aromatic nitrogens is 1. The van der Waals surface area contributed by atoms with Gasteiger partial charge >= 0.3 is 5.97 Å². The second kappa shape index (κ2) is 4.33. The van der Waals surface area contributed by atoms with E-state index in [2.05, 4.69) is 4.98 Å². The van der Waals surface area contributed by atoms with Crippen LogP contribution >= 0.6 is 11.3 Å². The van der Waals surface area contributed by atoms with Crippen molar-refractivity contribution in [1.82, 2.24) is 4.98 Å². The number of nitrogens with one attached hydrogen (secondary N) is 1. The number of esters is 1. The van der Waals surface area contributed by atoms with Crippen LogP contribution < -0.4 is 5.43 Å². The van der Waals surface area contributed by atoms with Crippen LogP contribution in [0.3, 0.4) is 0 Å². The van der Waals surface area contributed by atoms with Crippen LogP contribution in [0.5, 0.6) is 0 Å². The Labute approximate surface area is 102 Å². The van der Waals surface area contributed by atoms with Crippen LogP contribution in [0.1, 0.15) is 27.9 Å². The van der Waals surface area contributed by atoms with E-state index >= 15 is 0 Å². The topological polar surface area (TPSA) is 59.2 Å². The van der Waals surface area contributed by atoms with Crippen molar-refractivity contribution >= 4 is 27.5 Å². The lowest BCUT2D eigenvalue weighted by Gasteiger charge is -1.98. The summed E-state index contributed by atoms with van der Waals surface area (Å²) in [6.45, 7) is 5.69. The Balaban J connectivity index is 2.69. The van der Waals surface area contributed by atoms with Crippen LogP contribution in [0.15, 0.2) is 10.9 Å². The Kier molecular flexibility index (Phi) is 3.02. The van der Waals surface area contributed by atoms with Gasteiger partial charge in [-0.1, -0.05) is 0 Å². The largest absolute Gasteiger partial charge is 0.462 e. The fourth-order valence-corrected chi connectivity index (χ4v) is 2.94. The predicted octanol–water partition coefficient (Wildman–Crippen LogP) is 2.38. The number of H-pyrrole nitrogens is 1. The van der Waals surface area contributed by atoms with Gasteiger partial charge in [0.2, 0.25) is 0 Å². The average Bonchev–Trinajstić information content (AvgIpc) is 2.56. The summed E-state index contributed by atoms with van der Waals surface area (Å²) < 4.78 is 4.96. The smallest absolute Gasteiger partial charge is 0.348 e. The monoisotopic (exact) mass is 251 g/mol. The molecule has 0 aromatic carbocycles. The van der Waals surface area contributed by atoms with Crippen molar-refractivity contribution in [2.45, 2.75) is 20.8 Å². The number of ether oxygens (including phenoxy) is 1. The quantitative estimate of drug-likeness (QED) is 0.834. The van der Waals surface area contributed by atoms with Crippen molar-refractivity contribution in [3.05, 3.63) is 32.4 Å². The van der Waals surface area contributed by atoms with Crippen LogP contribution in [0.2, 0.25) is 0 Å². The summed E-state index contributed by atoms with van der Waals surface area (Å²) in [6.07, 6.45) is 0. The van der Waals surface area contributed by atoms with Crippen molar-refractivity contribution in [1.29, 1.82) is 0 Å². The third-order valence-corrected chi connectivity index (χ3v) is 3.70. The highest BCUT2D eigenvalue weighted by Gasteiger charge is 2.18. The molecule has 5 heteroatoms. The predicted molar refractivity (Wildman–Crippen MR) is 67.9 cm³/mol. The van der Waals surface area contributed by atoms with Crippen molar-refractivity contribution in [2.75, 3.05) is 6.61 Å². The molecule has 1 N–H and O–H groups in total. The van der Waals surface area contributed by atoms with Gasteiger partial charge in [0.05, 0.1) is 12.0 Å². The number of carbonyl (C=O) groups excluding carboxylic acids is 1. The summed E-state index contributed by atoms with van der Waals surface area (Å²) in [6, 6.07) is 1.54. The number of aryl methyl sites for hydroxylation is 2. The minimum Gasteiger partial charge on any atom is -0.462 e. The molecule has 0 spiro atoms. The summed E-state index contributed by atoms with van der Waals surface area (Å²) >= 11 is 1.27. The van der Waals surface area contributed by atoms with Gasteiger partial charge in [-0.2, -0.15) is 0 Å². The fourth-order valence-electron chi connectivity index (χ4n) is 1.77. The second-order valence-corrected chi connectivity index (χ2v) is 4.82. The van der Waals surface area contributed by atoms with E-state index in [1.807, 2.05) is 6.92 Å². The minimum atomic E-state index is -0.364. The molecule has 0 radical (unpaired) electrons. The standard InChI is InChI=1S/C12H13NO3S/c1-4-16-12(15)10-7(3)9-8(14)5-6(2)13-11(9)17-10/h5H,4H2,1-3H3,(H,13,14). The van der Waals surface area contributed by atoms with E-state index in [0.717, 1.165) is 10.5 Å². The van der Waals surface area contributed by atoms with Gasteiger partial charge in [-0.25, -0.2) is 4.79 Å². The molecule has 2 heterocycles. The van der Waals surface area contributed by atoms with Crippen LogP contribution in [-0.4, -0.2) is 17.6 Å². The first-order valence-corrected chi connectivity index (χ1v) is 6.16. The molecule has 0 aliphatic carbocycles. The summed E-state index contributed by atoms with van der Waals surface area (Å²) in [5, 5.41) is 0.587. The number of pyridine rings is 1. The lowest BCUT2D eigenvalue weighted by molar-refractivity contribution is 0.0531. The van der Waals surface area contributed by atoms with Gasteiger partial charge in [0.25, 0.3) is 0 Å². The van der Waals surface area contributed by atoms with E-state index in [0.29, 0.717) is 22.4 Å². The Hall–Kier alpha value is -1.62. The average molecular weight is 251 g/mol. The van der Waals surface area contributed by atoms with Crippen molar-refractivity contribution < 1.29 is 9.53 Å². The number of fused-ring (bicyclic) bond motifs is 1. The molecule has 0 aliphatic heterocycles. The summed E-state index contributed by atoms with van der Waals surface area (Å²) in [5.74, 6) is -0.364. The molecule has 17 heavy (non-hydrogen) atoms. The zero-order valence-corrected chi connectivity index (χ0v) is 10.7. The molecule has 0 saturated carbocycles. The highest BCUT2D eigenvalue weighted by Crippen LogP contribution is 2.27. The van der Waals surface area contributed by atoms with Crippen molar-refractivity contribution in [2.24, 2.45) is 0 Å². The maximum Gasteiger partial charge on any atom is 0.348 e. The number of hydrogen-bond acceptors (Lipinski definition) is 4. The minimum absolute atomic E-state index is 0.0550. The van der Waals surface area contributed by atoms with Gasteiger partial charge in [-0.3, -0.25) is 4.79 Å². The molecule has 0 fully saturated rings. The molecule has 0 unspecified atom stereocenters. The molecule has 0 aliphatic rings. The first kappa shape index (κ1) is 11.9. The summed E-state index contributed by atoms with van der Waals surface area (Å²) in [5.41, 5.74) is 1.43. The van der Waals surface area contributed by atoms with E-state index in [1.54, 1.807) is 13.8 Å². The molecule has 2 rings (SSSR count). The van der Waals surface area contributed by atoms with Gasteiger partial charge in [0, 0.05) is 11.8 Å². The molecular weight excluding hydrogens is 238 g/mol. The van der Waals surface area contributed by atoms with Crippen LogP contribution in [0.4, 0.5) is 0 Å². The van der Waals surface area contributed by atoms with E-state index in [4.69, 9.17) is 4.74 Å². The number of rotatable bonds is 2. The molecule has 2 aromatic heterocycles. The molecule has 90 valence electrons. The van der Waals surface area contributed by atoms with Gasteiger partial charge in [-0.05, 0) is 26.3 Å². The molecule has 0 atom stereocenters. The van der Waals surface area contributed by atoms with Crippen molar-refractivity contribution in [3.63, 3.8) is 0 Å². The highest BCUT2D eigenvalue weighted by molar-refractivity contribution is 7.20. The third-order valence-electron chi connectivity index (χ3n) is 2.51. The van der Waals surface area contributed by atoms with E-state index in [9.17, 15) is 9.59 Å². The van der Waals surface area contributed by atoms with Crippen molar-refractivity contribution in [3.8, 4) is 0 Å². The third kappa shape index (κ3) is 1.98. The molecule has 2 aromatic rings. The Morgan fingerprint density at radius 2 is 2.18 bits per heavy atom. The lowest BCUT2D eigenvalue weighted by atomic mass is 10.2. The first-order valence-electron chi connectivity index (χ1n) is 5.34. The molecular formula is C12H13NO3S. The van der Waals surface area contributed by atoms with E-state index < -0.39 is 0 Å². The maximum atomic E-state index is 11.8. The van der Waals surface area contributed by atoms with Gasteiger partial charge in [-0.15, -0.1) is 11.3 Å². The normalized spacial score (nSPS) is 10.8. The summed E-state index contributed by atoms with van der Waals surface area (Å²) in [4.78, 5) is 27.9. The molecule has 0 amide bonds.